The van der Waals surface area contributed by atoms with Gasteiger partial charge in [0, 0.05) is 10.4 Å². The fraction of sp³-hybridized carbons (Fsp3) is 0.375. The third kappa shape index (κ3) is 5.58. The molecule has 194 valence electrons. The number of anilines is 2. The van der Waals surface area contributed by atoms with Crippen molar-refractivity contribution in [2.75, 3.05) is 24.0 Å². The fourth-order valence-corrected chi connectivity index (χ4v) is 7.18. The Bertz CT molecular complexity index is 1350. The lowest BCUT2D eigenvalue weighted by Gasteiger charge is -2.13. The van der Waals surface area contributed by atoms with Crippen molar-refractivity contribution in [1.82, 2.24) is 10.2 Å². The van der Waals surface area contributed by atoms with E-state index in [4.69, 9.17) is 14.2 Å². The van der Waals surface area contributed by atoms with E-state index < -0.39 is 11.2 Å². The van der Waals surface area contributed by atoms with Crippen molar-refractivity contribution < 1.29 is 28.6 Å². The second-order valence-corrected chi connectivity index (χ2v) is 12.0. The molecule has 0 saturated carbocycles. The number of hydrogen-bond acceptors (Lipinski definition) is 11. The minimum absolute atomic E-state index is 0.127. The summed E-state index contributed by atoms with van der Waals surface area (Å²) in [6.45, 7) is 3.92. The van der Waals surface area contributed by atoms with Gasteiger partial charge in [-0.25, -0.2) is 4.79 Å². The first kappa shape index (κ1) is 25.5. The van der Waals surface area contributed by atoms with Gasteiger partial charge in [0.25, 0.3) is 5.91 Å². The van der Waals surface area contributed by atoms with Crippen LogP contribution in [0.1, 0.15) is 57.8 Å². The molecule has 2 aliphatic rings. The van der Waals surface area contributed by atoms with Gasteiger partial charge in [-0.2, -0.15) is 0 Å². The maximum absolute atomic E-state index is 13.0. The van der Waals surface area contributed by atoms with Crippen LogP contribution in [0.2, 0.25) is 0 Å². The molecule has 3 aromatic rings. The molecule has 1 aliphatic heterocycles. The second-order valence-electron chi connectivity index (χ2n) is 8.28. The van der Waals surface area contributed by atoms with Crippen molar-refractivity contribution in [3.63, 3.8) is 0 Å². The van der Waals surface area contributed by atoms with Crippen molar-refractivity contribution in [3.05, 3.63) is 39.8 Å². The van der Waals surface area contributed by atoms with Crippen LogP contribution >= 0.6 is 34.4 Å². The lowest BCUT2D eigenvalue weighted by atomic mass is 9.95. The minimum atomic E-state index is -0.514. The predicted octanol–water partition coefficient (Wildman–Crippen LogP) is 4.76. The normalized spacial score (nSPS) is 14.5. The highest BCUT2D eigenvalue weighted by molar-refractivity contribution is 8.02. The van der Waals surface area contributed by atoms with Crippen LogP contribution in [-0.4, -0.2) is 46.6 Å². The number of nitrogens with zero attached hydrogens (tertiary/aromatic N) is 2. The van der Waals surface area contributed by atoms with E-state index in [9.17, 15) is 14.4 Å². The highest BCUT2D eigenvalue weighted by Gasteiger charge is 2.28. The molecule has 0 fully saturated rings. The van der Waals surface area contributed by atoms with Gasteiger partial charge < -0.3 is 19.5 Å². The molecule has 2 amide bonds. The van der Waals surface area contributed by atoms with Crippen LogP contribution in [0.15, 0.2) is 22.5 Å². The fourth-order valence-electron chi connectivity index (χ4n) is 4.01. The SMILES string of the molecule is CCOC(=O)c1c(NC(=O)C(C)Sc2nnc(NC(=O)c3ccc4c(c3)OCO4)s2)sc2c1CCCC2. The average molecular weight is 561 g/mol. The second kappa shape index (κ2) is 11.1. The highest BCUT2D eigenvalue weighted by Crippen LogP contribution is 2.39. The first-order chi connectivity index (χ1) is 17.9. The minimum Gasteiger partial charge on any atom is -0.462 e. The Labute approximate surface area is 225 Å². The summed E-state index contributed by atoms with van der Waals surface area (Å²) in [7, 11) is 0. The van der Waals surface area contributed by atoms with E-state index in [2.05, 4.69) is 20.8 Å². The van der Waals surface area contributed by atoms with Crippen molar-refractivity contribution in [3.8, 4) is 11.5 Å². The Morgan fingerprint density at radius 3 is 2.76 bits per heavy atom. The van der Waals surface area contributed by atoms with E-state index in [0.717, 1.165) is 36.1 Å². The third-order valence-electron chi connectivity index (χ3n) is 5.80. The van der Waals surface area contributed by atoms with Crippen LogP contribution in [0.25, 0.3) is 0 Å². The van der Waals surface area contributed by atoms with Crippen molar-refractivity contribution >= 4 is 62.4 Å². The van der Waals surface area contributed by atoms with Crippen LogP contribution in [0.5, 0.6) is 11.5 Å². The quantitative estimate of drug-likeness (QED) is 0.228. The zero-order valence-corrected chi connectivity index (χ0v) is 22.6. The molecule has 1 aromatic carbocycles. The van der Waals surface area contributed by atoms with Gasteiger partial charge in [0.1, 0.15) is 5.00 Å². The molecule has 0 bridgehead atoms. The maximum Gasteiger partial charge on any atom is 0.341 e. The van der Waals surface area contributed by atoms with Crippen LogP contribution in [0, 0.1) is 0 Å². The molecule has 1 atom stereocenters. The molecule has 0 radical (unpaired) electrons. The molecule has 0 saturated heterocycles. The van der Waals surface area contributed by atoms with Crippen LogP contribution in [0.3, 0.4) is 0 Å². The number of esters is 1. The van der Waals surface area contributed by atoms with Crippen LogP contribution < -0.4 is 20.1 Å². The molecule has 1 unspecified atom stereocenters. The summed E-state index contributed by atoms with van der Waals surface area (Å²) < 4.78 is 16.4. The summed E-state index contributed by atoms with van der Waals surface area (Å²) in [4.78, 5) is 39.4. The first-order valence-electron chi connectivity index (χ1n) is 11.8. The standard InChI is InChI=1S/C24H24N4O6S3/c1-3-32-22(31)18-14-6-4-5-7-17(14)36-21(18)25-19(29)12(2)35-24-28-27-23(37-24)26-20(30)13-8-9-15-16(10-13)34-11-33-15/h8-10,12H,3-7,11H2,1-2H3,(H,25,29)(H,26,27,30). The summed E-state index contributed by atoms with van der Waals surface area (Å²) in [5.41, 5.74) is 1.88. The smallest absolute Gasteiger partial charge is 0.341 e. The number of benzene rings is 1. The number of hydrogen-bond donors (Lipinski definition) is 2. The van der Waals surface area contributed by atoms with Gasteiger partial charge in [0.2, 0.25) is 17.8 Å². The summed E-state index contributed by atoms with van der Waals surface area (Å²) in [5, 5.41) is 14.1. The Balaban J connectivity index is 1.22. The summed E-state index contributed by atoms with van der Waals surface area (Å²) in [6.07, 6.45) is 3.80. The van der Waals surface area contributed by atoms with Gasteiger partial charge in [-0.05, 0) is 63.3 Å². The van der Waals surface area contributed by atoms with Gasteiger partial charge in [0.05, 0.1) is 17.4 Å². The highest BCUT2D eigenvalue weighted by atomic mass is 32.2. The summed E-state index contributed by atoms with van der Waals surface area (Å²) in [6, 6.07) is 4.92. The van der Waals surface area contributed by atoms with E-state index in [0.29, 0.717) is 37.1 Å². The molecule has 10 nitrogen and oxygen atoms in total. The molecular formula is C24H24N4O6S3. The Morgan fingerprint density at radius 1 is 1.11 bits per heavy atom. The lowest BCUT2D eigenvalue weighted by Crippen LogP contribution is -2.23. The largest absolute Gasteiger partial charge is 0.462 e. The molecule has 13 heteroatoms. The van der Waals surface area contributed by atoms with Crippen molar-refractivity contribution in [2.45, 2.75) is 49.1 Å². The number of amides is 2. The Hall–Kier alpha value is -3.16. The van der Waals surface area contributed by atoms with Crippen LogP contribution in [0.4, 0.5) is 10.1 Å². The maximum atomic E-state index is 13.0. The molecule has 0 spiro atoms. The van der Waals surface area contributed by atoms with E-state index in [1.807, 2.05) is 0 Å². The number of aryl methyl sites for hydroxylation is 1. The molecule has 2 aromatic heterocycles. The molecule has 1 aliphatic carbocycles. The number of carbonyl (C=O) groups is 3. The number of rotatable bonds is 8. The monoisotopic (exact) mass is 560 g/mol. The van der Waals surface area contributed by atoms with Crippen molar-refractivity contribution in [1.29, 1.82) is 0 Å². The van der Waals surface area contributed by atoms with Crippen molar-refractivity contribution in [2.24, 2.45) is 0 Å². The number of thiophene rings is 1. The zero-order chi connectivity index (χ0) is 25.9. The number of carbonyl (C=O) groups excluding carboxylic acids is 3. The predicted molar refractivity (Wildman–Crippen MR) is 141 cm³/mol. The zero-order valence-electron chi connectivity index (χ0n) is 20.1. The van der Waals surface area contributed by atoms with Gasteiger partial charge in [-0.3, -0.25) is 14.9 Å². The topological polar surface area (TPSA) is 129 Å². The number of thioether (sulfide) groups is 1. The Morgan fingerprint density at radius 2 is 1.92 bits per heavy atom. The first-order valence-corrected chi connectivity index (χ1v) is 14.3. The molecular weight excluding hydrogens is 536 g/mol. The average Bonchev–Trinajstić information content (AvgIpc) is 3.61. The number of aromatic nitrogens is 2. The number of ether oxygens (including phenoxy) is 3. The van der Waals surface area contributed by atoms with Gasteiger partial charge in [-0.15, -0.1) is 21.5 Å². The number of nitrogens with one attached hydrogen (secondary N) is 2. The van der Waals surface area contributed by atoms with Gasteiger partial charge >= 0.3 is 5.97 Å². The molecule has 2 N–H and O–H groups in total. The van der Waals surface area contributed by atoms with Gasteiger partial charge in [-0.1, -0.05) is 23.1 Å². The Kier molecular flexibility index (Phi) is 7.63. The summed E-state index contributed by atoms with van der Waals surface area (Å²) >= 11 is 3.85. The third-order valence-corrected chi connectivity index (χ3v) is 9.03. The van der Waals surface area contributed by atoms with E-state index in [1.54, 1.807) is 32.0 Å². The molecule has 37 heavy (non-hydrogen) atoms. The van der Waals surface area contributed by atoms with Gasteiger partial charge in [0.15, 0.2) is 15.8 Å². The number of fused-ring (bicyclic) bond motifs is 2. The molecule has 3 heterocycles. The van der Waals surface area contributed by atoms with E-state index in [-0.39, 0.29) is 25.2 Å². The van der Waals surface area contributed by atoms with E-state index in [1.165, 1.54) is 34.4 Å². The summed E-state index contributed by atoms with van der Waals surface area (Å²) in [5.74, 6) is 0.0962. The lowest BCUT2D eigenvalue weighted by molar-refractivity contribution is -0.115. The molecule has 5 rings (SSSR count). The van der Waals surface area contributed by atoms with E-state index >= 15 is 0 Å². The van der Waals surface area contributed by atoms with Crippen LogP contribution in [-0.2, 0) is 22.4 Å².